The molecule has 0 saturated heterocycles. The van der Waals surface area contributed by atoms with Gasteiger partial charge in [-0.2, -0.15) is 0 Å². The molecule has 0 aromatic heterocycles. The number of allylic oxidation sites excluding steroid dienone is 1. The second kappa shape index (κ2) is 3.93. The van der Waals surface area contributed by atoms with Crippen LogP contribution in [0.3, 0.4) is 0 Å². The van der Waals surface area contributed by atoms with Gasteiger partial charge < -0.3 is 5.73 Å². The Balaban J connectivity index is 2.19. The van der Waals surface area contributed by atoms with E-state index in [9.17, 15) is 4.39 Å². The summed E-state index contributed by atoms with van der Waals surface area (Å²) in [6, 6.07) is 6.98. The van der Waals surface area contributed by atoms with Crippen LogP contribution in [0.1, 0.15) is 24.8 Å². The molecular weight excluding hydrogens is 177 g/mol. The van der Waals surface area contributed by atoms with Gasteiger partial charge in [-0.25, -0.2) is 4.39 Å². The first-order valence-electron chi connectivity index (χ1n) is 4.96. The lowest BCUT2D eigenvalue weighted by atomic mass is 9.91. The summed E-state index contributed by atoms with van der Waals surface area (Å²) in [5.41, 5.74) is 8.22. The predicted molar refractivity (Wildman–Crippen MR) is 56.2 cm³/mol. The number of benzene rings is 1. The van der Waals surface area contributed by atoms with E-state index in [0.29, 0.717) is 6.04 Å². The highest BCUT2D eigenvalue weighted by Crippen LogP contribution is 2.26. The first-order chi connectivity index (χ1) is 6.75. The molecule has 1 aromatic carbocycles. The summed E-state index contributed by atoms with van der Waals surface area (Å²) in [7, 11) is 0. The van der Waals surface area contributed by atoms with Gasteiger partial charge in [0.2, 0.25) is 0 Å². The van der Waals surface area contributed by atoms with Gasteiger partial charge in [0, 0.05) is 6.04 Å². The van der Waals surface area contributed by atoms with E-state index in [1.165, 1.54) is 17.7 Å². The molecule has 74 valence electrons. The molecule has 14 heavy (non-hydrogen) atoms. The average Bonchev–Trinajstić information content (AvgIpc) is 2.21. The van der Waals surface area contributed by atoms with Gasteiger partial charge in [0.15, 0.2) is 0 Å². The largest absolute Gasteiger partial charge is 0.327 e. The Labute approximate surface area is 83.4 Å². The number of hydrogen-bond acceptors (Lipinski definition) is 1. The molecule has 0 saturated carbocycles. The average molecular weight is 191 g/mol. The van der Waals surface area contributed by atoms with E-state index >= 15 is 0 Å². The molecule has 1 aromatic rings. The zero-order valence-electron chi connectivity index (χ0n) is 8.04. The summed E-state index contributed by atoms with van der Waals surface area (Å²) >= 11 is 0. The molecule has 1 atom stereocenters. The topological polar surface area (TPSA) is 26.0 Å². The Morgan fingerprint density at radius 1 is 1.21 bits per heavy atom. The van der Waals surface area contributed by atoms with Crippen LogP contribution in [-0.4, -0.2) is 6.04 Å². The standard InChI is InChI=1S/C12H14FN/c13-11-5-1-9(2-6-11)10-3-7-12(14)8-4-10/h1-3,5-6,12H,4,7-8,14H2/t12-/m0/s1. The minimum absolute atomic E-state index is 0.179. The van der Waals surface area contributed by atoms with E-state index in [2.05, 4.69) is 6.08 Å². The number of halogens is 1. The molecule has 0 amide bonds. The SMILES string of the molecule is N[C@H]1CC=C(c2ccc(F)cc2)CC1. The van der Waals surface area contributed by atoms with Crippen LogP contribution in [-0.2, 0) is 0 Å². The van der Waals surface area contributed by atoms with Crippen molar-refractivity contribution < 1.29 is 4.39 Å². The Hall–Kier alpha value is -1.15. The second-order valence-electron chi connectivity index (χ2n) is 3.77. The van der Waals surface area contributed by atoms with Gasteiger partial charge in [0.05, 0.1) is 0 Å². The van der Waals surface area contributed by atoms with Gasteiger partial charge in [-0.05, 0) is 42.5 Å². The quantitative estimate of drug-likeness (QED) is 0.725. The van der Waals surface area contributed by atoms with Crippen molar-refractivity contribution in [1.29, 1.82) is 0 Å². The van der Waals surface area contributed by atoms with Crippen LogP contribution in [0.4, 0.5) is 4.39 Å². The van der Waals surface area contributed by atoms with Crippen LogP contribution in [0.2, 0.25) is 0 Å². The molecule has 0 aliphatic heterocycles. The van der Waals surface area contributed by atoms with Crippen molar-refractivity contribution in [1.82, 2.24) is 0 Å². The molecule has 0 spiro atoms. The lowest BCUT2D eigenvalue weighted by molar-refractivity contribution is 0.613. The summed E-state index contributed by atoms with van der Waals surface area (Å²) in [4.78, 5) is 0. The third-order valence-electron chi connectivity index (χ3n) is 2.67. The van der Waals surface area contributed by atoms with Crippen LogP contribution >= 0.6 is 0 Å². The van der Waals surface area contributed by atoms with Crippen molar-refractivity contribution in [3.05, 3.63) is 41.7 Å². The van der Waals surface area contributed by atoms with E-state index in [1.54, 1.807) is 0 Å². The Morgan fingerprint density at radius 3 is 2.50 bits per heavy atom. The van der Waals surface area contributed by atoms with Crippen molar-refractivity contribution in [3.63, 3.8) is 0 Å². The molecule has 1 nitrogen and oxygen atoms in total. The van der Waals surface area contributed by atoms with Gasteiger partial charge in [-0.3, -0.25) is 0 Å². The molecule has 0 radical (unpaired) electrons. The molecule has 0 bridgehead atoms. The monoisotopic (exact) mass is 191 g/mol. The fourth-order valence-corrected chi connectivity index (χ4v) is 1.78. The van der Waals surface area contributed by atoms with Crippen LogP contribution in [0.15, 0.2) is 30.3 Å². The Morgan fingerprint density at radius 2 is 1.93 bits per heavy atom. The van der Waals surface area contributed by atoms with Crippen molar-refractivity contribution in [2.75, 3.05) is 0 Å². The van der Waals surface area contributed by atoms with Gasteiger partial charge in [-0.15, -0.1) is 0 Å². The first kappa shape index (κ1) is 9.41. The molecular formula is C12H14FN. The highest BCUT2D eigenvalue weighted by atomic mass is 19.1. The van der Waals surface area contributed by atoms with E-state index in [1.807, 2.05) is 12.1 Å². The summed E-state index contributed by atoms with van der Waals surface area (Å²) < 4.78 is 12.7. The van der Waals surface area contributed by atoms with E-state index in [-0.39, 0.29) is 5.82 Å². The first-order valence-corrected chi connectivity index (χ1v) is 4.96. The fraction of sp³-hybridized carbons (Fsp3) is 0.333. The van der Waals surface area contributed by atoms with Gasteiger partial charge in [0.1, 0.15) is 5.82 Å². The molecule has 2 rings (SSSR count). The lowest BCUT2D eigenvalue weighted by Crippen LogP contribution is -2.21. The third kappa shape index (κ3) is 2.02. The lowest BCUT2D eigenvalue weighted by Gasteiger charge is -2.18. The minimum atomic E-state index is -0.179. The molecule has 0 heterocycles. The number of hydrogen-bond donors (Lipinski definition) is 1. The highest BCUT2D eigenvalue weighted by molar-refractivity contribution is 5.66. The summed E-state index contributed by atoms with van der Waals surface area (Å²) in [6.45, 7) is 0. The van der Waals surface area contributed by atoms with Crippen molar-refractivity contribution in [2.24, 2.45) is 5.73 Å². The smallest absolute Gasteiger partial charge is 0.123 e. The maximum atomic E-state index is 12.7. The van der Waals surface area contributed by atoms with Crippen molar-refractivity contribution in [2.45, 2.75) is 25.3 Å². The summed E-state index contributed by atoms with van der Waals surface area (Å²) in [6.07, 6.45) is 5.14. The van der Waals surface area contributed by atoms with E-state index in [4.69, 9.17) is 5.73 Å². The van der Waals surface area contributed by atoms with E-state index < -0.39 is 0 Å². The number of nitrogens with two attached hydrogens (primary N) is 1. The zero-order chi connectivity index (χ0) is 9.97. The Bertz CT molecular complexity index is 340. The highest BCUT2D eigenvalue weighted by Gasteiger charge is 2.11. The maximum Gasteiger partial charge on any atom is 0.123 e. The van der Waals surface area contributed by atoms with Crippen molar-refractivity contribution >= 4 is 5.57 Å². The number of rotatable bonds is 1. The normalized spacial score (nSPS) is 21.9. The Kier molecular flexibility index (Phi) is 2.64. The molecule has 1 aliphatic rings. The fourth-order valence-electron chi connectivity index (χ4n) is 1.78. The molecule has 2 heteroatoms. The van der Waals surface area contributed by atoms with Crippen LogP contribution in [0, 0.1) is 5.82 Å². The van der Waals surface area contributed by atoms with Crippen LogP contribution in [0.5, 0.6) is 0 Å². The van der Waals surface area contributed by atoms with Crippen LogP contribution < -0.4 is 5.73 Å². The zero-order valence-corrected chi connectivity index (χ0v) is 8.04. The van der Waals surface area contributed by atoms with Crippen LogP contribution in [0.25, 0.3) is 5.57 Å². The second-order valence-corrected chi connectivity index (χ2v) is 3.77. The predicted octanol–water partition coefficient (Wildman–Crippen LogP) is 2.72. The summed E-state index contributed by atoms with van der Waals surface area (Å²) in [5, 5.41) is 0. The molecule has 1 aliphatic carbocycles. The molecule has 0 unspecified atom stereocenters. The van der Waals surface area contributed by atoms with E-state index in [0.717, 1.165) is 24.8 Å². The minimum Gasteiger partial charge on any atom is -0.327 e. The summed E-state index contributed by atoms with van der Waals surface area (Å²) in [5.74, 6) is -0.179. The third-order valence-corrected chi connectivity index (χ3v) is 2.67. The maximum absolute atomic E-state index is 12.7. The van der Waals surface area contributed by atoms with Gasteiger partial charge in [0.25, 0.3) is 0 Å². The van der Waals surface area contributed by atoms with Crippen molar-refractivity contribution in [3.8, 4) is 0 Å². The molecule has 0 fully saturated rings. The van der Waals surface area contributed by atoms with Gasteiger partial charge in [-0.1, -0.05) is 18.2 Å². The molecule has 2 N–H and O–H groups in total. The van der Waals surface area contributed by atoms with Gasteiger partial charge >= 0.3 is 0 Å².